The molecule has 1 aromatic carbocycles. The summed E-state index contributed by atoms with van der Waals surface area (Å²) >= 11 is 0. The van der Waals surface area contributed by atoms with Crippen molar-refractivity contribution in [2.75, 3.05) is 0 Å². The lowest BCUT2D eigenvalue weighted by atomic mass is 10.1. The average Bonchev–Trinajstić information content (AvgIpc) is 3.33. The first-order valence-corrected chi connectivity index (χ1v) is 8.59. The van der Waals surface area contributed by atoms with Crippen LogP contribution in [-0.4, -0.2) is 31.1 Å². The molecular formula is C19H21N5O. The van der Waals surface area contributed by atoms with Crippen LogP contribution in [0.15, 0.2) is 42.5 Å². The first-order chi connectivity index (χ1) is 12.1. The summed E-state index contributed by atoms with van der Waals surface area (Å²) in [6, 6.07) is 14.2. The van der Waals surface area contributed by atoms with Crippen molar-refractivity contribution in [1.82, 2.24) is 25.0 Å². The third-order valence-corrected chi connectivity index (χ3v) is 4.38. The zero-order valence-corrected chi connectivity index (χ0v) is 14.7. The van der Waals surface area contributed by atoms with Crippen LogP contribution in [0.25, 0.3) is 11.5 Å². The maximum Gasteiger partial charge on any atom is 0.233 e. The number of aromatic nitrogens is 5. The van der Waals surface area contributed by atoms with Gasteiger partial charge in [0.05, 0.1) is 11.6 Å². The van der Waals surface area contributed by atoms with Crippen molar-refractivity contribution in [1.29, 1.82) is 0 Å². The van der Waals surface area contributed by atoms with Crippen LogP contribution < -0.4 is 4.74 Å². The number of aryl methyl sites for hydroxylation is 1. The van der Waals surface area contributed by atoms with E-state index in [0.717, 1.165) is 24.5 Å². The molecule has 3 aromatic rings. The van der Waals surface area contributed by atoms with Crippen molar-refractivity contribution in [3.63, 3.8) is 0 Å². The van der Waals surface area contributed by atoms with E-state index in [4.69, 9.17) is 4.74 Å². The van der Waals surface area contributed by atoms with E-state index >= 15 is 0 Å². The molecule has 0 saturated heterocycles. The number of hydrogen-bond acceptors (Lipinski definition) is 5. The van der Waals surface area contributed by atoms with E-state index in [9.17, 15) is 0 Å². The summed E-state index contributed by atoms with van der Waals surface area (Å²) in [4.78, 5) is 4.61. The van der Waals surface area contributed by atoms with Crippen molar-refractivity contribution < 1.29 is 4.74 Å². The SMILES string of the molecule is Cc1nc(-c2ccc(OC(C)C)nn2)n(C2(c3ccccc3)CC2)n1. The molecule has 6 nitrogen and oxygen atoms in total. The van der Waals surface area contributed by atoms with E-state index in [0.29, 0.717) is 11.6 Å². The maximum atomic E-state index is 5.57. The highest BCUT2D eigenvalue weighted by Crippen LogP contribution is 2.50. The summed E-state index contributed by atoms with van der Waals surface area (Å²) in [5, 5.41) is 13.2. The molecule has 25 heavy (non-hydrogen) atoms. The number of nitrogens with zero attached hydrogens (tertiary/aromatic N) is 5. The Balaban J connectivity index is 1.73. The van der Waals surface area contributed by atoms with Gasteiger partial charge in [-0.15, -0.1) is 10.2 Å². The fourth-order valence-electron chi connectivity index (χ4n) is 3.11. The van der Waals surface area contributed by atoms with Crippen LogP contribution in [0, 0.1) is 6.92 Å². The molecule has 1 saturated carbocycles. The molecule has 1 fully saturated rings. The van der Waals surface area contributed by atoms with Crippen molar-refractivity contribution in [3.8, 4) is 17.4 Å². The van der Waals surface area contributed by atoms with Gasteiger partial charge in [-0.3, -0.25) is 0 Å². The Bertz CT molecular complexity index is 867. The summed E-state index contributed by atoms with van der Waals surface area (Å²) in [6.45, 7) is 5.84. The van der Waals surface area contributed by atoms with Gasteiger partial charge in [0.1, 0.15) is 11.5 Å². The molecule has 6 heteroatoms. The minimum atomic E-state index is -0.118. The smallest absolute Gasteiger partial charge is 0.233 e. The number of benzene rings is 1. The summed E-state index contributed by atoms with van der Waals surface area (Å²) in [5.74, 6) is 2.01. The molecule has 0 spiro atoms. The first kappa shape index (κ1) is 15.7. The third-order valence-electron chi connectivity index (χ3n) is 4.38. The van der Waals surface area contributed by atoms with Gasteiger partial charge in [-0.1, -0.05) is 30.3 Å². The molecule has 1 aliphatic carbocycles. The average molecular weight is 335 g/mol. The third kappa shape index (κ3) is 2.88. The Labute approximate surface area is 146 Å². The number of ether oxygens (including phenoxy) is 1. The Morgan fingerprint density at radius 3 is 2.40 bits per heavy atom. The minimum Gasteiger partial charge on any atom is -0.474 e. The topological polar surface area (TPSA) is 65.7 Å². The first-order valence-electron chi connectivity index (χ1n) is 8.59. The molecule has 0 amide bonds. The van der Waals surface area contributed by atoms with Crippen LogP contribution in [-0.2, 0) is 5.54 Å². The zero-order chi connectivity index (χ0) is 17.4. The fraction of sp³-hybridized carbons (Fsp3) is 0.368. The molecule has 0 N–H and O–H groups in total. The van der Waals surface area contributed by atoms with Crippen molar-refractivity contribution in [2.45, 2.75) is 45.3 Å². The predicted octanol–water partition coefficient (Wildman–Crippen LogP) is 3.37. The second-order valence-corrected chi connectivity index (χ2v) is 6.72. The highest BCUT2D eigenvalue weighted by atomic mass is 16.5. The van der Waals surface area contributed by atoms with Gasteiger partial charge >= 0.3 is 0 Å². The van der Waals surface area contributed by atoms with Gasteiger partial charge < -0.3 is 4.74 Å². The predicted molar refractivity (Wildman–Crippen MR) is 94.3 cm³/mol. The summed E-state index contributed by atoms with van der Waals surface area (Å²) < 4.78 is 7.59. The van der Waals surface area contributed by atoms with Crippen LogP contribution in [0.3, 0.4) is 0 Å². The Morgan fingerprint density at radius 1 is 1.04 bits per heavy atom. The molecule has 2 heterocycles. The highest BCUT2D eigenvalue weighted by Gasteiger charge is 2.49. The van der Waals surface area contributed by atoms with Gasteiger partial charge in [-0.25, -0.2) is 9.67 Å². The molecule has 0 atom stereocenters. The zero-order valence-electron chi connectivity index (χ0n) is 14.7. The van der Waals surface area contributed by atoms with Gasteiger partial charge in [0.25, 0.3) is 0 Å². The van der Waals surface area contributed by atoms with Crippen molar-refractivity contribution in [3.05, 3.63) is 53.9 Å². The van der Waals surface area contributed by atoms with E-state index < -0.39 is 0 Å². The molecular weight excluding hydrogens is 314 g/mol. The Morgan fingerprint density at radius 2 is 1.80 bits per heavy atom. The molecule has 4 rings (SSSR count). The molecule has 1 aliphatic rings. The Hall–Kier alpha value is -2.76. The van der Waals surface area contributed by atoms with E-state index in [1.807, 2.05) is 43.7 Å². The van der Waals surface area contributed by atoms with Gasteiger partial charge in [0.2, 0.25) is 5.88 Å². The molecule has 0 radical (unpaired) electrons. The number of hydrogen-bond donors (Lipinski definition) is 0. The van der Waals surface area contributed by atoms with Crippen molar-refractivity contribution in [2.24, 2.45) is 0 Å². The van der Waals surface area contributed by atoms with E-state index in [1.165, 1.54) is 5.56 Å². The molecule has 0 unspecified atom stereocenters. The maximum absolute atomic E-state index is 5.57. The van der Waals surface area contributed by atoms with Crippen LogP contribution in [0.4, 0.5) is 0 Å². The summed E-state index contributed by atoms with van der Waals surface area (Å²) in [5.41, 5.74) is 1.85. The van der Waals surface area contributed by atoms with E-state index in [-0.39, 0.29) is 11.6 Å². The second kappa shape index (κ2) is 5.95. The standard InChI is InChI=1S/C19H21N5O/c1-13(2)25-17-10-9-16(21-22-17)18-20-14(3)23-24(18)19(11-12-19)15-7-5-4-6-8-15/h4-10,13H,11-12H2,1-3H3. The van der Waals surface area contributed by atoms with Crippen LogP contribution in [0.2, 0.25) is 0 Å². The summed E-state index contributed by atoms with van der Waals surface area (Å²) in [7, 11) is 0. The quantitative estimate of drug-likeness (QED) is 0.715. The normalized spacial score (nSPS) is 15.4. The van der Waals surface area contributed by atoms with Gasteiger partial charge in [-0.2, -0.15) is 5.10 Å². The van der Waals surface area contributed by atoms with Crippen LogP contribution in [0.5, 0.6) is 5.88 Å². The van der Waals surface area contributed by atoms with Crippen LogP contribution in [0.1, 0.15) is 38.1 Å². The van der Waals surface area contributed by atoms with E-state index in [2.05, 4.69) is 44.5 Å². The minimum absolute atomic E-state index is 0.0684. The van der Waals surface area contributed by atoms with Gasteiger partial charge in [0.15, 0.2) is 5.82 Å². The molecule has 0 bridgehead atoms. The highest BCUT2D eigenvalue weighted by molar-refractivity contribution is 5.51. The Kier molecular flexibility index (Phi) is 3.75. The van der Waals surface area contributed by atoms with Crippen molar-refractivity contribution >= 4 is 0 Å². The number of rotatable bonds is 5. The van der Waals surface area contributed by atoms with Gasteiger partial charge in [0, 0.05) is 6.07 Å². The van der Waals surface area contributed by atoms with E-state index in [1.54, 1.807) is 0 Å². The second-order valence-electron chi connectivity index (χ2n) is 6.72. The molecule has 2 aromatic heterocycles. The lowest BCUT2D eigenvalue weighted by molar-refractivity contribution is 0.230. The molecule has 128 valence electrons. The van der Waals surface area contributed by atoms with Gasteiger partial charge in [-0.05, 0) is 45.2 Å². The molecule has 0 aliphatic heterocycles. The summed E-state index contributed by atoms with van der Waals surface area (Å²) in [6.07, 6.45) is 2.17. The largest absolute Gasteiger partial charge is 0.474 e. The van der Waals surface area contributed by atoms with Crippen LogP contribution >= 0.6 is 0 Å². The fourth-order valence-corrected chi connectivity index (χ4v) is 3.11. The lowest BCUT2D eigenvalue weighted by Crippen LogP contribution is -2.21. The monoisotopic (exact) mass is 335 g/mol. The lowest BCUT2D eigenvalue weighted by Gasteiger charge is -2.18.